The Morgan fingerprint density at radius 1 is 0.343 bits per heavy atom. The summed E-state index contributed by atoms with van der Waals surface area (Å²) in [5, 5.41) is 55.8. The SMILES string of the molecule is COC[C@@]1(O)CC[C@H]2[C@H](CC[C@@H]3[C@@H]2CC[C@]2(C)[C@@H](C(=O)CSC)CC[C@@H]32)C1.COC[C@@]1(O)CC[C@H]2[C@H](CC[C@@H]3[C@@H]2CC[C@]2(C)[C@@H](C(=O)Cn4cccc4)CC[C@@H]32)C1.CSCC(=O)[C@H]1CC[C@H]2[C@@H]3CC[C@@H]4C[C@@](O)(C#CCl)CC[C@@H]4[C@H]3CC[C@]12C.CSCC(=O)[C@H]1CC[C@H]2[C@@H]3CC[C@@H]4C[C@@](O)(C(F)F)CC[C@@H]4[C@H]3CC[C@]12C.C[C@]12CC[C@H]3[C@@H](CC[C@@H]4C[C@@](O)(CF)CC[C@@H]43)[C@@H]1CC[C@@H]2C(=O)Cn1cccc1. The predicted molar refractivity (Wildman–Crippen MR) is 556 cm³/mol. The van der Waals surface area contributed by atoms with Gasteiger partial charge in [-0.1, -0.05) is 40.5 Å². The van der Waals surface area contributed by atoms with Gasteiger partial charge in [-0.05, 0) is 519 Å². The second-order valence-corrected chi connectivity index (χ2v) is 55.7. The van der Waals surface area contributed by atoms with Crippen LogP contribution in [0.1, 0.15) is 324 Å². The Morgan fingerprint density at radius 3 is 0.893 bits per heavy atom. The molecule has 20 fully saturated rings. The number of hydrogen-bond donors (Lipinski definition) is 5. The van der Waals surface area contributed by atoms with Crippen LogP contribution in [0.25, 0.3) is 0 Å². The van der Waals surface area contributed by atoms with E-state index < -0.39 is 41.1 Å². The van der Waals surface area contributed by atoms with Gasteiger partial charge in [0.2, 0.25) is 0 Å². The average molecular weight is 2020 g/mol. The summed E-state index contributed by atoms with van der Waals surface area (Å²) in [5.41, 5.74) is -3.85. The van der Waals surface area contributed by atoms with Crippen LogP contribution in [0.3, 0.4) is 0 Å². The summed E-state index contributed by atoms with van der Waals surface area (Å²) in [4.78, 5) is 64.6. The molecule has 20 aliphatic carbocycles. The van der Waals surface area contributed by atoms with Crippen LogP contribution in [0, 0.1) is 216 Å². The Balaban J connectivity index is 0.000000116. The quantitative estimate of drug-likeness (QED) is 0.0735. The highest BCUT2D eigenvalue weighted by Gasteiger charge is 2.67. The summed E-state index contributed by atoms with van der Waals surface area (Å²) >= 11 is 10.6. The highest BCUT2D eigenvalue weighted by Crippen LogP contribution is 2.72. The molecule has 20 saturated carbocycles. The Kier molecular flexibility index (Phi) is 33.4. The molecule has 784 valence electrons. The molecule has 0 amide bonds. The summed E-state index contributed by atoms with van der Waals surface area (Å²) in [6.07, 6.45) is 59.6. The molecule has 0 aromatic carbocycles. The van der Waals surface area contributed by atoms with Crippen LogP contribution < -0.4 is 0 Å². The number of hydrogen-bond acceptors (Lipinski definition) is 15. The number of methoxy groups -OCH3 is 2. The van der Waals surface area contributed by atoms with E-state index in [-0.39, 0.29) is 63.6 Å². The minimum absolute atomic E-state index is 0.152. The second kappa shape index (κ2) is 43.6. The van der Waals surface area contributed by atoms with Gasteiger partial charge in [0.15, 0.2) is 11.6 Å². The van der Waals surface area contributed by atoms with Crippen LogP contribution >= 0.6 is 46.9 Å². The van der Waals surface area contributed by atoms with E-state index in [0.29, 0.717) is 156 Å². The van der Waals surface area contributed by atoms with Crippen LogP contribution in [-0.4, -0.2) is 168 Å². The number of ketones is 5. The molecule has 0 bridgehead atoms. The van der Waals surface area contributed by atoms with E-state index in [9.17, 15) is 62.7 Å². The van der Waals surface area contributed by atoms with Gasteiger partial charge in [-0.3, -0.25) is 24.0 Å². The number of aliphatic hydroxyl groups is 5. The monoisotopic (exact) mass is 2020 g/mol. The van der Waals surface area contributed by atoms with Gasteiger partial charge in [0.25, 0.3) is 6.43 Å². The summed E-state index contributed by atoms with van der Waals surface area (Å²) < 4.78 is 54.7. The van der Waals surface area contributed by atoms with Crippen molar-refractivity contribution in [1.29, 1.82) is 0 Å². The molecule has 22 rings (SSSR count). The molecule has 20 aliphatic rings. The lowest BCUT2D eigenvalue weighted by Crippen LogP contribution is -2.53. The molecule has 40 atom stereocenters. The maximum absolute atomic E-state index is 13.4. The van der Waals surface area contributed by atoms with E-state index in [4.69, 9.17) is 21.1 Å². The van der Waals surface area contributed by atoms with Gasteiger partial charge in [-0.15, -0.1) is 0 Å². The van der Waals surface area contributed by atoms with E-state index in [2.05, 4.69) is 52.2 Å². The number of thioether (sulfide) groups is 3. The topological polar surface area (TPSA) is 215 Å². The molecule has 5 N–H and O–H groups in total. The van der Waals surface area contributed by atoms with Gasteiger partial charge in [0.05, 0.1) is 60.4 Å². The number of nitrogens with zero attached hydrogens (tertiary/aromatic N) is 2. The smallest absolute Gasteiger partial charge is 0.266 e. The van der Waals surface area contributed by atoms with E-state index in [1.165, 1.54) is 128 Å². The minimum Gasteiger partial charge on any atom is -0.387 e. The molecule has 0 spiro atoms. The lowest BCUT2D eigenvalue weighted by molar-refractivity contribution is -0.160. The molecular weight excluding hydrogens is 1840 g/mol. The molecule has 2 aromatic rings. The van der Waals surface area contributed by atoms with Gasteiger partial charge in [-0.2, -0.15) is 35.3 Å². The lowest BCUT2D eigenvalue weighted by atomic mass is 9.49. The molecule has 2 heterocycles. The van der Waals surface area contributed by atoms with Crippen LogP contribution in [0.2, 0.25) is 0 Å². The summed E-state index contributed by atoms with van der Waals surface area (Å²) in [7, 11) is 3.41. The number of rotatable bonds is 21. The van der Waals surface area contributed by atoms with Crippen molar-refractivity contribution in [2.75, 3.05) is 70.1 Å². The largest absolute Gasteiger partial charge is 0.387 e. The van der Waals surface area contributed by atoms with Crippen molar-refractivity contribution >= 4 is 75.8 Å². The van der Waals surface area contributed by atoms with Crippen molar-refractivity contribution in [2.24, 2.45) is 205 Å². The van der Waals surface area contributed by atoms with Gasteiger partial charge in [-0.25, -0.2) is 13.2 Å². The van der Waals surface area contributed by atoms with Crippen LogP contribution in [0.5, 0.6) is 0 Å². The fraction of sp³-hybridized carbons (Fsp3) is 0.874. The van der Waals surface area contributed by atoms with Gasteiger partial charge in [0.1, 0.15) is 35.2 Å². The summed E-state index contributed by atoms with van der Waals surface area (Å²) in [6.45, 7) is 13.6. The van der Waals surface area contributed by atoms with Crippen molar-refractivity contribution in [3.63, 3.8) is 0 Å². The average Bonchev–Trinajstić information content (AvgIpc) is 1.54. The number of carbonyl (C=O) groups excluding carboxylic acids is 5. The van der Waals surface area contributed by atoms with Gasteiger partial charge >= 0.3 is 0 Å². The first kappa shape index (κ1) is 107. The van der Waals surface area contributed by atoms with E-state index >= 15 is 0 Å². The van der Waals surface area contributed by atoms with Crippen molar-refractivity contribution in [3.8, 4) is 11.3 Å². The highest BCUT2D eigenvalue weighted by atomic mass is 35.5. The molecule has 0 saturated heterocycles. The van der Waals surface area contributed by atoms with Gasteiger partial charge < -0.3 is 44.1 Å². The van der Waals surface area contributed by atoms with Crippen LogP contribution in [0.4, 0.5) is 13.2 Å². The number of Topliss-reactive ketones (excluding diaryl/α,β-unsaturated/α-hetero) is 5. The third-order valence-electron chi connectivity index (χ3n) is 46.9. The number of alkyl halides is 3. The van der Waals surface area contributed by atoms with Crippen molar-refractivity contribution < 1.29 is 72.2 Å². The number of ether oxygens (including phenoxy) is 2. The molecule has 21 heteroatoms. The first-order chi connectivity index (χ1) is 67.0. The Bertz CT molecular complexity index is 4630. The second-order valence-electron chi connectivity index (χ2n) is 52.9. The fourth-order valence-electron chi connectivity index (χ4n) is 40.9. The zero-order valence-electron chi connectivity index (χ0n) is 87.2. The Hall–Kier alpha value is -2.68. The Labute approximate surface area is 857 Å². The number of halogens is 4. The summed E-state index contributed by atoms with van der Waals surface area (Å²) in [6, 6.07) is 8.00. The molecule has 14 nitrogen and oxygen atoms in total. The molecule has 0 unspecified atom stereocenters. The van der Waals surface area contributed by atoms with Crippen LogP contribution in [-0.2, 0) is 46.5 Å². The van der Waals surface area contributed by atoms with E-state index in [0.717, 1.165) is 218 Å². The predicted octanol–water partition coefficient (Wildman–Crippen LogP) is 24.6. The van der Waals surface area contributed by atoms with Crippen LogP contribution in [0.15, 0.2) is 49.1 Å². The molecule has 2 aromatic heterocycles. The minimum atomic E-state index is -2.62. The summed E-state index contributed by atoms with van der Waals surface area (Å²) in [5.74, 6) is 25.8. The van der Waals surface area contributed by atoms with E-state index in [1.807, 2.05) is 70.7 Å². The first-order valence-corrected chi connectivity index (χ1v) is 61.4. The van der Waals surface area contributed by atoms with E-state index in [1.54, 1.807) is 49.5 Å². The maximum Gasteiger partial charge on any atom is 0.266 e. The molecular formula is C119H180ClF3N2O12S3. The first-order valence-electron chi connectivity index (χ1n) is 56.9. The molecule has 0 radical (unpaired) electrons. The number of carbonyl (C=O) groups is 5. The molecule has 0 aliphatic heterocycles. The van der Waals surface area contributed by atoms with Gasteiger partial charge in [0, 0.05) is 74.0 Å². The number of fused-ring (bicyclic) bond motifs is 25. The third-order valence-corrected chi connectivity index (χ3v) is 48.8. The standard InChI is InChI=1S/C26H39NO3.C25H36FNO2.C23H33ClO2S.C23H38O3S.C22H34F2O2S/c1-25-11-9-20-19-10-12-26(29,17-30-2)15-18(19)5-6-21(20)22(25)7-8-23(25)24(28)16-27-13-3-4-14-27;1-24-10-8-19-18-9-11-25(29,16-26)14-17(18)4-5-20(19)21(24)6-7-22(24)23(28)15-27-12-2-3-13-27;1-22-9-7-17-16-8-10-23(26,11-12-24)13-15(16)3-4-18(17)19(22)5-6-20(22)21(25)14-27-2;1-22-10-8-17-16-9-11-23(25,14-26-2)12-15(16)4-5-18(17)19(22)6-7-20(22)21(24)13-27-3;1-21-9-7-15-14-8-10-22(26,20(23)24)11-13(14)3-4-16(15)17(21)5-6-18(21)19(25)12-27-2/h3-4,13-14,18-23,29H,5-12,15-17H2,1-2H3;2-3,12-13,17-22,29H,4-11,14-16H2,1H3;15-20,26H,3-10,13-14H2,1-2H3;15-20,25H,4-14H2,1-3H3;13-18,20,26H,3-12H2,1-2H3/t18-,19+,20-,21-,22+,23-,25+,26-;17-,18+,19-,20-,21+,22-,24+,25-;15-,16+,17-,18-,19+,20-,22+,23+;15-,16+,17-,18-,19+,20-,22+,23-;13-,14+,15-,16-,17+,18-,21+,22-/m11111/s1. The third kappa shape index (κ3) is 20.6. The molecule has 140 heavy (non-hydrogen) atoms. The fourth-order valence-corrected chi connectivity index (χ4v) is 42.5. The highest BCUT2D eigenvalue weighted by molar-refractivity contribution is 7.99. The normalized spacial score (nSPS) is 47.8. The van der Waals surface area contributed by atoms with Crippen molar-refractivity contribution in [3.05, 3.63) is 49.1 Å². The zero-order chi connectivity index (χ0) is 99.0. The Morgan fingerprint density at radius 2 is 0.607 bits per heavy atom. The maximum atomic E-state index is 13.4. The van der Waals surface area contributed by atoms with Crippen molar-refractivity contribution in [2.45, 2.75) is 371 Å². The van der Waals surface area contributed by atoms with Crippen molar-refractivity contribution in [1.82, 2.24) is 9.13 Å². The number of aromatic nitrogens is 2. The zero-order valence-corrected chi connectivity index (χ0v) is 90.4. The lowest BCUT2D eigenvalue weighted by Gasteiger charge is -2.57.